The first-order valence-electron chi connectivity index (χ1n) is 19.7. The van der Waals surface area contributed by atoms with Gasteiger partial charge in [0.2, 0.25) is 23.6 Å². The molecule has 2 atom stereocenters. The maximum Gasteiger partial charge on any atom is 0.255 e. The molecule has 2 aromatic carbocycles. The van der Waals surface area contributed by atoms with E-state index < -0.39 is 18.0 Å². The van der Waals surface area contributed by atoms with E-state index in [0.717, 1.165) is 44.5 Å². The lowest BCUT2D eigenvalue weighted by atomic mass is 9.99. The van der Waals surface area contributed by atoms with Gasteiger partial charge >= 0.3 is 0 Å². The molecule has 0 saturated carbocycles. The van der Waals surface area contributed by atoms with Crippen LogP contribution in [0.4, 0.5) is 5.69 Å². The van der Waals surface area contributed by atoms with Crippen molar-refractivity contribution in [2.45, 2.75) is 77.9 Å². The molecule has 17 heteroatoms. The van der Waals surface area contributed by atoms with Crippen molar-refractivity contribution >= 4 is 63.9 Å². The Morgan fingerprint density at radius 1 is 0.983 bits per heavy atom. The monoisotopic (exact) mass is 824 g/mol. The molecular formula is C41H45ClN10O5S. The number of aliphatic imine (C=N–C) groups is 1. The van der Waals surface area contributed by atoms with E-state index >= 15 is 0 Å². The number of nitrogens with zero attached hydrogens (tertiary/aromatic N) is 7. The van der Waals surface area contributed by atoms with Crippen LogP contribution in [0.2, 0.25) is 5.02 Å². The van der Waals surface area contributed by atoms with Crippen LogP contribution in [-0.4, -0.2) is 104 Å². The summed E-state index contributed by atoms with van der Waals surface area (Å²) in [7, 11) is 0. The number of amides is 5. The number of thiophene rings is 1. The fourth-order valence-electron chi connectivity index (χ4n) is 8.13. The van der Waals surface area contributed by atoms with Crippen LogP contribution in [-0.2, 0) is 25.7 Å². The van der Waals surface area contributed by atoms with Crippen molar-refractivity contribution in [3.63, 3.8) is 0 Å². The van der Waals surface area contributed by atoms with E-state index in [0.29, 0.717) is 74.8 Å². The number of anilines is 1. The van der Waals surface area contributed by atoms with E-state index in [-0.39, 0.29) is 43.0 Å². The fourth-order valence-corrected chi connectivity index (χ4v) is 9.47. The first kappa shape index (κ1) is 39.4. The Hall–Kier alpha value is -5.45. The van der Waals surface area contributed by atoms with Crippen LogP contribution in [0.25, 0.3) is 5.00 Å². The summed E-state index contributed by atoms with van der Waals surface area (Å²) < 4.78 is 2.08. The first-order chi connectivity index (χ1) is 28.0. The van der Waals surface area contributed by atoms with Gasteiger partial charge < -0.3 is 15.1 Å². The number of aromatic nitrogens is 3. The van der Waals surface area contributed by atoms with Gasteiger partial charge in [0.05, 0.1) is 5.71 Å². The van der Waals surface area contributed by atoms with Gasteiger partial charge in [-0.3, -0.25) is 44.3 Å². The van der Waals surface area contributed by atoms with Gasteiger partial charge in [-0.1, -0.05) is 29.8 Å². The van der Waals surface area contributed by atoms with Crippen LogP contribution in [0.3, 0.4) is 0 Å². The number of hydrazine groups is 1. The van der Waals surface area contributed by atoms with Crippen molar-refractivity contribution < 1.29 is 24.0 Å². The van der Waals surface area contributed by atoms with Crippen molar-refractivity contribution in [2.75, 3.05) is 38.0 Å². The standard InChI is InChI=1S/C41H45ClN10O5S/c1-23-24(2)58-41-36(23)37(26-9-11-27(42)12-10-26)44-31(38-47-46-25(3)52(38)41)13-15-34(54)48-50-20-18-49(19-21-50)35(55)8-5-17-43-30-7-4-6-28-29(30)22-51(40(28)57)32-14-16-33(53)45-39(32)56/h4,6-7,9-12,31-32,43H,5,8,13-22H2,1-3H3,(H,48,54)(H,45,53,56)/t31-,32?/m0/s1. The minimum Gasteiger partial charge on any atom is -0.385 e. The lowest BCUT2D eigenvalue weighted by Gasteiger charge is -2.34. The average molecular weight is 825 g/mol. The number of aryl methyl sites for hydroxylation is 2. The molecule has 4 aliphatic rings. The van der Waals surface area contributed by atoms with Gasteiger partial charge in [-0.15, -0.1) is 21.5 Å². The Balaban J connectivity index is 0.817. The summed E-state index contributed by atoms with van der Waals surface area (Å²) in [6.07, 6.45) is 2.10. The molecule has 3 N–H and O–H groups in total. The van der Waals surface area contributed by atoms with Gasteiger partial charge in [-0.2, -0.15) is 0 Å². The zero-order valence-corrected chi connectivity index (χ0v) is 34.2. The molecule has 2 saturated heterocycles. The number of hydrogen-bond acceptors (Lipinski definition) is 11. The quantitative estimate of drug-likeness (QED) is 0.146. The molecule has 4 aromatic rings. The molecule has 2 fully saturated rings. The number of imide groups is 1. The number of benzene rings is 2. The Labute approximate surface area is 344 Å². The van der Waals surface area contributed by atoms with Gasteiger partial charge in [-0.25, -0.2) is 5.01 Å². The number of carbonyl (C=O) groups excluding carboxylic acids is 5. The van der Waals surface area contributed by atoms with Crippen LogP contribution >= 0.6 is 22.9 Å². The minimum atomic E-state index is -0.675. The summed E-state index contributed by atoms with van der Waals surface area (Å²) in [4.78, 5) is 73.5. The molecule has 0 radical (unpaired) electrons. The predicted octanol–water partition coefficient (Wildman–Crippen LogP) is 4.41. The summed E-state index contributed by atoms with van der Waals surface area (Å²) in [6, 6.07) is 12.0. The molecule has 15 nitrogen and oxygen atoms in total. The molecular weight excluding hydrogens is 780 g/mol. The second-order valence-corrected chi connectivity index (χ2v) is 16.7. The Morgan fingerprint density at radius 2 is 1.76 bits per heavy atom. The minimum absolute atomic E-state index is 0.0475. The third-order valence-corrected chi connectivity index (χ3v) is 12.8. The fraction of sp³-hybridized carbons (Fsp3) is 0.415. The number of rotatable bonds is 11. The van der Waals surface area contributed by atoms with Crippen molar-refractivity contribution in [3.8, 4) is 5.00 Å². The first-order valence-corrected chi connectivity index (χ1v) is 20.8. The number of nitrogens with one attached hydrogen (secondary N) is 3. The van der Waals surface area contributed by atoms with E-state index in [1.807, 2.05) is 47.2 Å². The van der Waals surface area contributed by atoms with Crippen LogP contribution in [0.1, 0.15) is 93.7 Å². The molecule has 302 valence electrons. The predicted molar refractivity (Wildman–Crippen MR) is 219 cm³/mol. The van der Waals surface area contributed by atoms with E-state index in [1.54, 1.807) is 23.5 Å². The number of halogens is 1. The third-order valence-electron chi connectivity index (χ3n) is 11.4. The molecule has 4 aliphatic heterocycles. The van der Waals surface area contributed by atoms with Gasteiger partial charge in [0.25, 0.3) is 5.91 Å². The summed E-state index contributed by atoms with van der Waals surface area (Å²) in [5.74, 6) is 0.407. The Kier molecular flexibility index (Phi) is 11.2. The largest absolute Gasteiger partial charge is 0.385 e. The summed E-state index contributed by atoms with van der Waals surface area (Å²) >= 11 is 7.93. The van der Waals surface area contributed by atoms with Crippen LogP contribution in [0, 0.1) is 20.8 Å². The molecule has 58 heavy (non-hydrogen) atoms. The van der Waals surface area contributed by atoms with Gasteiger partial charge in [0.15, 0.2) is 5.82 Å². The summed E-state index contributed by atoms with van der Waals surface area (Å²) in [5, 5.41) is 18.2. The number of carbonyl (C=O) groups is 5. The number of fused-ring (bicyclic) bond motifs is 4. The topological polar surface area (TPSA) is 174 Å². The smallest absolute Gasteiger partial charge is 0.255 e. The molecule has 8 rings (SSSR count). The Bertz CT molecular complexity index is 2330. The number of piperazine rings is 1. The summed E-state index contributed by atoms with van der Waals surface area (Å²) in [5.41, 5.74) is 9.17. The maximum atomic E-state index is 13.3. The SMILES string of the molecule is Cc1sc2c(c1C)C(c1ccc(Cl)cc1)=N[C@@H](CCC(=O)NN1CCN(C(=O)CCCNc3cccc4c3CN(C3CCC(=O)NC3=O)C4=O)CC1)c1nnc(C)n1-2. The van der Waals surface area contributed by atoms with Gasteiger partial charge in [-0.05, 0) is 69.9 Å². The van der Waals surface area contributed by atoms with Crippen LogP contribution in [0.15, 0.2) is 47.5 Å². The number of hydrogen-bond donors (Lipinski definition) is 3. The lowest BCUT2D eigenvalue weighted by Crippen LogP contribution is -2.54. The second-order valence-electron chi connectivity index (χ2n) is 15.1. The molecule has 1 unspecified atom stereocenters. The zero-order chi connectivity index (χ0) is 40.7. The number of piperidine rings is 1. The highest BCUT2D eigenvalue weighted by molar-refractivity contribution is 7.15. The molecule has 0 spiro atoms. The zero-order valence-electron chi connectivity index (χ0n) is 32.6. The third kappa shape index (κ3) is 7.75. The highest BCUT2D eigenvalue weighted by Crippen LogP contribution is 2.40. The van der Waals surface area contributed by atoms with Crippen molar-refractivity contribution in [3.05, 3.63) is 91.8 Å². The second kappa shape index (κ2) is 16.4. The molecule has 6 heterocycles. The van der Waals surface area contributed by atoms with E-state index in [4.69, 9.17) is 16.6 Å². The average Bonchev–Trinajstić information content (AvgIpc) is 3.82. The van der Waals surface area contributed by atoms with E-state index in [9.17, 15) is 24.0 Å². The van der Waals surface area contributed by atoms with Crippen molar-refractivity contribution in [1.82, 2.24) is 40.3 Å². The molecule has 0 aliphatic carbocycles. The summed E-state index contributed by atoms with van der Waals surface area (Å²) in [6.45, 7) is 8.98. The van der Waals surface area contributed by atoms with Crippen molar-refractivity contribution in [2.24, 2.45) is 4.99 Å². The highest BCUT2D eigenvalue weighted by atomic mass is 35.5. The molecule has 2 aromatic heterocycles. The Morgan fingerprint density at radius 3 is 2.52 bits per heavy atom. The highest BCUT2D eigenvalue weighted by Gasteiger charge is 2.40. The van der Waals surface area contributed by atoms with Crippen LogP contribution in [0.5, 0.6) is 0 Å². The molecule has 5 amide bonds. The van der Waals surface area contributed by atoms with Gasteiger partial charge in [0.1, 0.15) is 22.9 Å². The van der Waals surface area contributed by atoms with E-state index in [1.165, 1.54) is 9.78 Å². The maximum absolute atomic E-state index is 13.3. The lowest BCUT2D eigenvalue weighted by molar-refractivity contribution is -0.137. The molecule has 0 bridgehead atoms. The van der Waals surface area contributed by atoms with Gasteiger partial charge in [0, 0.05) is 96.4 Å². The van der Waals surface area contributed by atoms with E-state index in [2.05, 4.69) is 44.7 Å². The van der Waals surface area contributed by atoms with Crippen molar-refractivity contribution in [1.29, 1.82) is 0 Å². The normalized spacial score (nSPS) is 19.2. The van der Waals surface area contributed by atoms with Crippen LogP contribution < -0.4 is 16.1 Å².